The minimum Gasteiger partial charge on any atom is -0.497 e. The lowest BCUT2D eigenvalue weighted by molar-refractivity contribution is -0.115. The van der Waals surface area contributed by atoms with E-state index < -0.39 is 0 Å². The molecule has 0 atom stereocenters. The van der Waals surface area contributed by atoms with E-state index in [9.17, 15) is 9.59 Å². The Hall–Kier alpha value is -3.93. The van der Waals surface area contributed by atoms with E-state index in [4.69, 9.17) is 4.74 Å². The maximum atomic E-state index is 12.9. The normalized spacial score (nSPS) is 10.2. The van der Waals surface area contributed by atoms with E-state index in [1.807, 2.05) is 56.3 Å². The first-order chi connectivity index (χ1) is 15.5. The van der Waals surface area contributed by atoms with Crippen LogP contribution in [0.2, 0.25) is 0 Å². The third-order valence-corrected chi connectivity index (χ3v) is 4.88. The maximum Gasteiger partial charge on any atom is 0.265 e. The summed E-state index contributed by atoms with van der Waals surface area (Å²) < 4.78 is 6.70. The molecule has 164 valence electrons. The number of aryl methyl sites for hydroxylation is 1. The molecule has 0 fully saturated rings. The van der Waals surface area contributed by atoms with Crippen LogP contribution in [-0.2, 0) is 11.2 Å². The summed E-state index contributed by atoms with van der Waals surface area (Å²) in [5.41, 5.74) is 2.82. The Morgan fingerprint density at radius 1 is 0.969 bits per heavy atom. The molecule has 0 spiro atoms. The minimum atomic E-state index is -0.117. The Morgan fingerprint density at radius 3 is 2.28 bits per heavy atom. The zero-order chi connectivity index (χ0) is 23.1. The average Bonchev–Trinajstić information content (AvgIpc) is 2.82. The Labute approximate surface area is 187 Å². The number of rotatable bonds is 5. The van der Waals surface area contributed by atoms with Gasteiger partial charge >= 0.3 is 0 Å². The van der Waals surface area contributed by atoms with Gasteiger partial charge in [-0.25, -0.2) is 4.98 Å². The predicted molar refractivity (Wildman–Crippen MR) is 129 cm³/mol. The van der Waals surface area contributed by atoms with Gasteiger partial charge in [-0.3, -0.25) is 14.2 Å². The number of hydrogen-bond donors (Lipinski definition) is 1. The number of methoxy groups -OCH3 is 1. The Morgan fingerprint density at radius 2 is 1.62 bits per heavy atom. The fourth-order valence-electron chi connectivity index (χ4n) is 3.38. The molecule has 4 aromatic rings. The number of aromatic nitrogens is 2. The van der Waals surface area contributed by atoms with Crippen LogP contribution in [-0.4, -0.2) is 22.6 Å². The molecule has 0 saturated carbocycles. The summed E-state index contributed by atoms with van der Waals surface area (Å²) in [5, 5.41) is 3.45. The molecule has 1 aromatic heterocycles. The van der Waals surface area contributed by atoms with Crippen LogP contribution < -0.4 is 15.6 Å². The van der Waals surface area contributed by atoms with Gasteiger partial charge < -0.3 is 10.1 Å². The van der Waals surface area contributed by atoms with Crippen molar-refractivity contribution in [2.75, 3.05) is 12.4 Å². The summed E-state index contributed by atoms with van der Waals surface area (Å²) in [7, 11) is 1.61. The molecule has 0 aliphatic heterocycles. The van der Waals surface area contributed by atoms with Crippen molar-refractivity contribution in [2.24, 2.45) is 0 Å². The Balaban J connectivity index is 0.00000141. The highest BCUT2D eigenvalue weighted by Gasteiger charge is 2.10. The quantitative estimate of drug-likeness (QED) is 0.489. The van der Waals surface area contributed by atoms with Crippen LogP contribution in [0.25, 0.3) is 16.6 Å². The molecule has 32 heavy (non-hydrogen) atoms. The number of hydrogen-bond acceptors (Lipinski definition) is 4. The Kier molecular flexibility index (Phi) is 7.39. The lowest BCUT2D eigenvalue weighted by atomic mass is 10.1. The number of fused-ring (bicyclic) bond motifs is 1. The molecule has 0 radical (unpaired) electrons. The third-order valence-electron chi connectivity index (χ3n) is 4.88. The molecule has 6 heteroatoms. The monoisotopic (exact) mass is 429 g/mol. The highest BCUT2D eigenvalue weighted by molar-refractivity contribution is 5.92. The predicted octanol–water partition coefficient (Wildman–Crippen LogP) is 4.91. The van der Waals surface area contributed by atoms with Crippen LogP contribution in [0.15, 0.2) is 77.6 Å². The molecule has 0 bridgehead atoms. The molecule has 0 unspecified atom stereocenters. The van der Waals surface area contributed by atoms with E-state index in [0.29, 0.717) is 28.1 Å². The SMILES string of the molecule is CC.COc1ccc(CC(=O)Nc2ccc(-n3c(C)nc4ccccc4c3=O)cc2)cc1. The molecule has 3 aromatic carbocycles. The number of ether oxygens (including phenoxy) is 1. The van der Waals surface area contributed by atoms with Gasteiger partial charge in [-0.15, -0.1) is 0 Å². The first-order valence-electron chi connectivity index (χ1n) is 10.6. The second kappa shape index (κ2) is 10.4. The van der Waals surface area contributed by atoms with Crippen molar-refractivity contribution < 1.29 is 9.53 Å². The van der Waals surface area contributed by atoms with Gasteiger partial charge in [-0.2, -0.15) is 0 Å². The topological polar surface area (TPSA) is 73.2 Å². The second-order valence-electron chi connectivity index (χ2n) is 6.94. The van der Waals surface area contributed by atoms with Crippen LogP contribution in [0, 0.1) is 6.92 Å². The van der Waals surface area contributed by atoms with Gasteiger partial charge in [-0.1, -0.05) is 38.1 Å². The van der Waals surface area contributed by atoms with Gasteiger partial charge in [0.05, 0.1) is 30.1 Å². The third kappa shape index (κ3) is 5.03. The first-order valence-corrected chi connectivity index (χ1v) is 10.6. The van der Waals surface area contributed by atoms with Crippen molar-refractivity contribution in [1.29, 1.82) is 0 Å². The summed E-state index contributed by atoms with van der Waals surface area (Å²) in [6, 6.07) is 21.8. The number of amides is 1. The molecular formula is C26H27N3O3. The highest BCUT2D eigenvalue weighted by atomic mass is 16.5. The second-order valence-corrected chi connectivity index (χ2v) is 6.94. The van der Waals surface area contributed by atoms with E-state index >= 15 is 0 Å². The molecule has 0 saturated heterocycles. The fraction of sp³-hybridized carbons (Fsp3) is 0.192. The number of anilines is 1. The van der Waals surface area contributed by atoms with Crippen LogP contribution in [0.1, 0.15) is 25.2 Å². The molecule has 6 nitrogen and oxygen atoms in total. The summed E-state index contributed by atoms with van der Waals surface area (Å²) in [6.45, 7) is 5.80. The smallest absolute Gasteiger partial charge is 0.265 e. The number of nitrogens with zero attached hydrogens (tertiary/aromatic N) is 2. The summed E-state index contributed by atoms with van der Waals surface area (Å²) in [5.74, 6) is 1.24. The van der Waals surface area contributed by atoms with E-state index in [-0.39, 0.29) is 17.9 Å². The van der Waals surface area contributed by atoms with Crippen LogP contribution in [0.3, 0.4) is 0 Å². The lowest BCUT2D eigenvalue weighted by Crippen LogP contribution is -2.22. The van der Waals surface area contributed by atoms with Crippen molar-refractivity contribution in [1.82, 2.24) is 9.55 Å². The van der Waals surface area contributed by atoms with Crippen molar-refractivity contribution in [3.05, 3.63) is 94.5 Å². The van der Waals surface area contributed by atoms with Crippen molar-refractivity contribution >= 4 is 22.5 Å². The van der Waals surface area contributed by atoms with Gasteiger partial charge in [0.25, 0.3) is 5.56 Å². The number of benzene rings is 3. The zero-order valence-electron chi connectivity index (χ0n) is 18.8. The largest absolute Gasteiger partial charge is 0.497 e. The first kappa shape index (κ1) is 22.7. The van der Waals surface area contributed by atoms with E-state index in [1.54, 1.807) is 48.9 Å². The highest BCUT2D eigenvalue weighted by Crippen LogP contribution is 2.17. The summed E-state index contributed by atoms with van der Waals surface area (Å²) >= 11 is 0. The van der Waals surface area contributed by atoms with Gasteiger partial charge in [0.2, 0.25) is 5.91 Å². The fourth-order valence-corrected chi connectivity index (χ4v) is 3.38. The standard InChI is InChI=1S/C24H21N3O3.C2H6/c1-16-25-22-6-4-3-5-21(22)24(29)27(16)19-11-9-18(10-12-19)26-23(28)15-17-7-13-20(30-2)14-8-17;1-2/h3-14H,15H2,1-2H3,(H,26,28);1-2H3. The summed E-state index contributed by atoms with van der Waals surface area (Å²) in [6.07, 6.45) is 0.263. The molecule has 1 amide bonds. The molecule has 0 aliphatic carbocycles. The summed E-state index contributed by atoms with van der Waals surface area (Å²) in [4.78, 5) is 29.8. The molecule has 0 aliphatic rings. The number of para-hydroxylation sites is 1. The van der Waals surface area contributed by atoms with Gasteiger partial charge in [-0.05, 0) is 61.0 Å². The molecule has 1 N–H and O–H groups in total. The zero-order valence-corrected chi connectivity index (χ0v) is 18.8. The van der Waals surface area contributed by atoms with Crippen LogP contribution in [0.4, 0.5) is 5.69 Å². The van der Waals surface area contributed by atoms with Crippen molar-refractivity contribution in [2.45, 2.75) is 27.2 Å². The van der Waals surface area contributed by atoms with E-state index in [1.165, 1.54) is 0 Å². The van der Waals surface area contributed by atoms with E-state index in [2.05, 4.69) is 10.3 Å². The Bertz CT molecular complexity index is 1260. The minimum absolute atomic E-state index is 0.116. The van der Waals surface area contributed by atoms with Gasteiger partial charge in [0, 0.05) is 5.69 Å². The average molecular weight is 430 g/mol. The number of carbonyl (C=O) groups excluding carboxylic acids is 1. The van der Waals surface area contributed by atoms with E-state index in [0.717, 1.165) is 11.3 Å². The van der Waals surface area contributed by atoms with Gasteiger partial charge in [0.1, 0.15) is 11.6 Å². The molecule has 4 rings (SSSR count). The van der Waals surface area contributed by atoms with Gasteiger partial charge in [0.15, 0.2) is 0 Å². The maximum absolute atomic E-state index is 12.9. The molecule has 1 heterocycles. The van der Waals surface area contributed by atoms with Crippen molar-refractivity contribution in [3.8, 4) is 11.4 Å². The van der Waals surface area contributed by atoms with Crippen molar-refractivity contribution in [3.63, 3.8) is 0 Å². The molecular weight excluding hydrogens is 402 g/mol. The number of carbonyl (C=O) groups is 1. The van der Waals surface area contributed by atoms with Crippen LogP contribution in [0.5, 0.6) is 5.75 Å². The van der Waals surface area contributed by atoms with Crippen LogP contribution >= 0.6 is 0 Å². The number of nitrogens with one attached hydrogen (secondary N) is 1. The lowest BCUT2D eigenvalue weighted by Gasteiger charge is -2.12.